The Labute approximate surface area is 99.4 Å². The quantitative estimate of drug-likeness (QED) is 0.799. The van der Waals surface area contributed by atoms with Gasteiger partial charge in [-0.25, -0.2) is 0 Å². The van der Waals surface area contributed by atoms with E-state index in [-0.39, 0.29) is 24.9 Å². The molecule has 1 heterocycles. The molecular formula is C12H14N2O3. The highest BCUT2D eigenvalue weighted by atomic mass is 16.5. The molecule has 17 heavy (non-hydrogen) atoms. The monoisotopic (exact) mass is 234 g/mol. The summed E-state index contributed by atoms with van der Waals surface area (Å²) in [6.45, 7) is 1.03. The van der Waals surface area contributed by atoms with Crippen molar-refractivity contribution < 1.29 is 14.3 Å². The zero-order valence-electron chi connectivity index (χ0n) is 9.39. The third kappa shape index (κ3) is 3.21. The lowest BCUT2D eigenvalue weighted by atomic mass is 10.3. The second-order valence-corrected chi connectivity index (χ2v) is 3.75. The third-order valence-corrected chi connectivity index (χ3v) is 2.50. The minimum absolute atomic E-state index is 0.0683. The fourth-order valence-electron chi connectivity index (χ4n) is 1.60. The second-order valence-electron chi connectivity index (χ2n) is 3.75. The van der Waals surface area contributed by atoms with Crippen molar-refractivity contribution in [3.05, 3.63) is 30.3 Å². The van der Waals surface area contributed by atoms with Gasteiger partial charge in [0.2, 0.25) is 11.8 Å². The lowest BCUT2D eigenvalue weighted by Gasteiger charge is -2.26. The zero-order chi connectivity index (χ0) is 12.1. The van der Waals surface area contributed by atoms with Crippen LogP contribution in [0.4, 0.5) is 0 Å². The summed E-state index contributed by atoms with van der Waals surface area (Å²) >= 11 is 0. The van der Waals surface area contributed by atoms with E-state index in [4.69, 9.17) is 4.74 Å². The molecule has 1 aliphatic rings. The molecule has 2 rings (SSSR count). The van der Waals surface area contributed by atoms with E-state index >= 15 is 0 Å². The summed E-state index contributed by atoms with van der Waals surface area (Å²) in [4.78, 5) is 24.0. The number of hydrogen-bond donors (Lipinski definition) is 1. The topological polar surface area (TPSA) is 58.6 Å². The number of benzene rings is 1. The number of piperazine rings is 1. The average molecular weight is 234 g/mol. The summed E-state index contributed by atoms with van der Waals surface area (Å²) < 4.78 is 5.47. The maximum Gasteiger partial charge on any atom is 0.242 e. The van der Waals surface area contributed by atoms with Crippen molar-refractivity contribution >= 4 is 11.8 Å². The molecule has 1 aromatic carbocycles. The van der Waals surface area contributed by atoms with Crippen LogP contribution in [-0.4, -0.2) is 43.0 Å². The summed E-state index contributed by atoms with van der Waals surface area (Å²) in [6.07, 6.45) is 0. The molecule has 0 spiro atoms. The van der Waals surface area contributed by atoms with E-state index in [2.05, 4.69) is 5.32 Å². The first-order chi connectivity index (χ1) is 8.25. The fraction of sp³-hybridized carbons (Fsp3) is 0.333. The number of nitrogens with zero attached hydrogens (tertiary/aromatic N) is 1. The van der Waals surface area contributed by atoms with Crippen molar-refractivity contribution in [2.24, 2.45) is 0 Å². The summed E-state index contributed by atoms with van der Waals surface area (Å²) in [6, 6.07) is 9.38. The van der Waals surface area contributed by atoms with Crippen molar-refractivity contribution in [1.29, 1.82) is 0 Å². The van der Waals surface area contributed by atoms with Gasteiger partial charge in [-0.05, 0) is 12.1 Å². The smallest absolute Gasteiger partial charge is 0.242 e. The highest BCUT2D eigenvalue weighted by Gasteiger charge is 2.22. The minimum atomic E-state index is -0.121. The van der Waals surface area contributed by atoms with Gasteiger partial charge in [-0.2, -0.15) is 0 Å². The summed E-state index contributed by atoms with van der Waals surface area (Å²) in [5.41, 5.74) is 0. The van der Waals surface area contributed by atoms with E-state index in [0.29, 0.717) is 13.2 Å². The van der Waals surface area contributed by atoms with E-state index in [0.717, 1.165) is 5.75 Å². The van der Waals surface area contributed by atoms with Gasteiger partial charge in [0.25, 0.3) is 0 Å². The molecular weight excluding hydrogens is 220 g/mol. The molecule has 0 radical (unpaired) electrons. The Morgan fingerprint density at radius 3 is 2.76 bits per heavy atom. The van der Waals surface area contributed by atoms with Gasteiger partial charge in [0.05, 0.1) is 19.6 Å². The van der Waals surface area contributed by atoms with Gasteiger partial charge < -0.3 is 15.0 Å². The molecule has 0 saturated carbocycles. The first-order valence-electron chi connectivity index (χ1n) is 5.48. The Balaban J connectivity index is 1.78. The molecule has 5 heteroatoms. The van der Waals surface area contributed by atoms with Crippen molar-refractivity contribution in [2.45, 2.75) is 0 Å². The van der Waals surface area contributed by atoms with E-state index < -0.39 is 0 Å². The molecule has 0 atom stereocenters. The largest absolute Gasteiger partial charge is 0.492 e. The van der Waals surface area contributed by atoms with Crippen molar-refractivity contribution in [3.8, 4) is 5.75 Å². The Hall–Kier alpha value is -2.04. The normalized spacial score (nSPS) is 15.6. The van der Waals surface area contributed by atoms with E-state index in [1.165, 1.54) is 4.90 Å². The van der Waals surface area contributed by atoms with E-state index in [1.54, 1.807) is 0 Å². The lowest BCUT2D eigenvalue weighted by molar-refractivity contribution is -0.140. The summed E-state index contributed by atoms with van der Waals surface area (Å²) in [5, 5.41) is 2.50. The van der Waals surface area contributed by atoms with Gasteiger partial charge >= 0.3 is 0 Å². The highest BCUT2D eigenvalue weighted by Crippen LogP contribution is 2.08. The maximum absolute atomic E-state index is 11.4. The van der Waals surface area contributed by atoms with E-state index in [1.807, 2.05) is 30.3 Å². The zero-order valence-corrected chi connectivity index (χ0v) is 9.39. The lowest BCUT2D eigenvalue weighted by Crippen LogP contribution is -2.52. The Morgan fingerprint density at radius 2 is 2.00 bits per heavy atom. The molecule has 0 unspecified atom stereocenters. The predicted molar refractivity (Wildman–Crippen MR) is 61.5 cm³/mol. The summed E-state index contributed by atoms with van der Waals surface area (Å²) in [5.74, 6) is 0.576. The number of hydrogen-bond acceptors (Lipinski definition) is 3. The molecule has 0 bridgehead atoms. The van der Waals surface area contributed by atoms with Gasteiger partial charge in [-0.3, -0.25) is 9.59 Å². The van der Waals surface area contributed by atoms with Gasteiger partial charge in [-0.15, -0.1) is 0 Å². The molecule has 2 amide bonds. The third-order valence-electron chi connectivity index (χ3n) is 2.50. The minimum Gasteiger partial charge on any atom is -0.492 e. The van der Waals surface area contributed by atoms with Crippen LogP contribution in [0.2, 0.25) is 0 Å². The van der Waals surface area contributed by atoms with E-state index in [9.17, 15) is 9.59 Å². The number of nitrogens with one attached hydrogen (secondary N) is 1. The van der Waals surface area contributed by atoms with Crippen LogP contribution in [-0.2, 0) is 9.59 Å². The van der Waals surface area contributed by atoms with Crippen LogP contribution >= 0.6 is 0 Å². The molecule has 1 saturated heterocycles. The highest BCUT2D eigenvalue weighted by molar-refractivity contribution is 5.92. The van der Waals surface area contributed by atoms with Gasteiger partial charge in [0.1, 0.15) is 12.4 Å². The average Bonchev–Trinajstić information content (AvgIpc) is 2.35. The van der Waals surface area contributed by atoms with Crippen LogP contribution in [0.15, 0.2) is 30.3 Å². The fourth-order valence-corrected chi connectivity index (χ4v) is 1.60. The Bertz CT molecular complexity index is 405. The second kappa shape index (κ2) is 5.34. The Kier molecular flexibility index (Phi) is 3.59. The van der Waals surface area contributed by atoms with Gasteiger partial charge in [0, 0.05) is 0 Å². The molecule has 5 nitrogen and oxygen atoms in total. The number of amides is 2. The van der Waals surface area contributed by atoms with Crippen LogP contribution < -0.4 is 10.1 Å². The van der Waals surface area contributed by atoms with Crippen molar-refractivity contribution in [1.82, 2.24) is 10.2 Å². The first-order valence-corrected chi connectivity index (χ1v) is 5.48. The molecule has 0 aromatic heterocycles. The first kappa shape index (κ1) is 11.4. The number of rotatable bonds is 4. The van der Waals surface area contributed by atoms with Crippen LogP contribution in [0, 0.1) is 0 Å². The molecule has 1 aromatic rings. The van der Waals surface area contributed by atoms with Gasteiger partial charge in [-0.1, -0.05) is 18.2 Å². The summed E-state index contributed by atoms with van der Waals surface area (Å²) in [7, 11) is 0. The van der Waals surface area contributed by atoms with Crippen LogP contribution in [0.3, 0.4) is 0 Å². The molecule has 0 aliphatic carbocycles. The van der Waals surface area contributed by atoms with Gasteiger partial charge in [0.15, 0.2) is 0 Å². The molecule has 90 valence electrons. The molecule has 1 aliphatic heterocycles. The number of carbonyl (C=O) groups is 2. The SMILES string of the molecule is O=C1CN(CCOc2ccccc2)C(=O)CN1. The van der Waals surface area contributed by atoms with Crippen LogP contribution in [0.5, 0.6) is 5.75 Å². The van der Waals surface area contributed by atoms with Crippen molar-refractivity contribution in [2.75, 3.05) is 26.2 Å². The molecule has 1 fully saturated rings. The number of ether oxygens (including phenoxy) is 1. The van der Waals surface area contributed by atoms with Crippen molar-refractivity contribution in [3.63, 3.8) is 0 Å². The standard InChI is InChI=1S/C12H14N2O3/c15-11-9-14(12(16)8-13-11)6-7-17-10-4-2-1-3-5-10/h1-5H,6-9H2,(H,13,15). The number of para-hydroxylation sites is 1. The predicted octanol–water partition coefficient (Wildman–Crippen LogP) is 0.0238. The molecule has 1 N–H and O–H groups in total. The van der Waals surface area contributed by atoms with Crippen LogP contribution in [0.25, 0.3) is 0 Å². The van der Waals surface area contributed by atoms with Crippen LogP contribution in [0.1, 0.15) is 0 Å². The maximum atomic E-state index is 11.4. The Morgan fingerprint density at radius 1 is 1.24 bits per heavy atom. The number of carbonyl (C=O) groups excluding carboxylic acids is 2.